The number of carbonyl (C=O) groups is 1. The standard InChI is InChI=1S/C22H24N4OS2.ClH/c1-14-12-15(2)19-18(13-14)29-22(24-19)26(11-7-10-25(3)4)21(27)20-23-16-8-5-6-9-17(16)28-20;/h5-6,8-9,12-13H,7,10-11H2,1-4H3;1H. The minimum absolute atomic E-state index is 0. The lowest BCUT2D eigenvalue weighted by Gasteiger charge is -2.19. The van der Waals surface area contributed by atoms with Crippen LogP contribution < -0.4 is 4.90 Å². The predicted octanol–water partition coefficient (Wildman–Crippen LogP) is 5.54. The molecular formula is C22H25ClN4OS2. The molecule has 0 N–H and O–H groups in total. The Bertz CT molecular complexity index is 1150. The molecule has 1 amide bonds. The summed E-state index contributed by atoms with van der Waals surface area (Å²) in [7, 11) is 4.09. The molecule has 4 rings (SSSR count). The van der Waals surface area contributed by atoms with Crippen LogP contribution in [0.2, 0.25) is 0 Å². The van der Waals surface area contributed by atoms with Gasteiger partial charge in [0, 0.05) is 6.54 Å². The van der Waals surface area contributed by atoms with Crippen molar-refractivity contribution < 1.29 is 4.79 Å². The van der Waals surface area contributed by atoms with Crippen molar-refractivity contribution in [3.8, 4) is 0 Å². The van der Waals surface area contributed by atoms with Crippen molar-refractivity contribution in [2.75, 3.05) is 32.1 Å². The molecule has 8 heteroatoms. The van der Waals surface area contributed by atoms with Crippen LogP contribution in [-0.4, -0.2) is 48.0 Å². The third-order valence-corrected chi connectivity index (χ3v) is 6.81. The lowest BCUT2D eigenvalue weighted by Crippen LogP contribution is -2.33. The maximum absolute atomic E-state index is 13.4. The van der Waals surface area contributed by atoms with Gasteiger partial charge in [0.25, 0.3) is 5.91 Å². The first-order valence-electron chi connectivity index (χ1n) is 9.62. The van der Waals surface area contributed by atoms with E-state index in [1.54, 1.807) is 16.2 Å². The number of aromatic nitrogens is 2. The van der Waals surface area contributed by atoms with Crippen LogP contribution in [0.15, 0.2) is 36.4 Å². The molecule has 4 aromatic rings. The molecule has 0 aliphatic rings. The van der Waals surface area contributed by atoms with Crippen molar-refractivity contribution in [1.82, 2.24) is 14.9 Å². The summed E-state index contributed by atoms with van der Waals surface area (Å²) >= 11 is 3.02. The third-order valence-electron chi connectivity index (χ3n) is 4.76. The zero-order valence-corrected chi connectivity index (χ0v) is 20.0. The fourth-order valence-corrected chi connectivity index (χ4v) is 5.46. The molecule has 0 saturated carbocycles. The van der Waals surface area contributed by atoms with Crippen molar-refractivity contribution in [2.45, 2.75) is 20.3 Å². The number of benzene rings is 2. The zero-order chi connectivity index (χ0) is 20.5. The first-order chi connectivity index (χ1) is 13.9. The fourth-order valence-electron chi connectivity index (χ4n) is 3.38. The van der Waals surface area contributed by atoms with Gasteiger partial charge in [-0.15, -0.1) is 23.7 Å². The number of carbonyl (C=O) groups excluding carboxylic acids is 1. The molecule has 0 spiro atoms. The van der Waals surface area contributed by atoms with Crippen LogP contribution in [0.1, 0.15) is 27.3 Å². The molecule has 0 unspecified atom stereocenters. The summed E-state index contributed by atoms with van der Waals surface area (Å²) in [6.07, 6.45) is 0.873. The SMILES string of the molecule is Cc1cc(C)c2nc(N(CCCN(C)C)C(=O)c3nc4ccccc4s3)sc2c1.Cl. The van der Waals surface area contributed by atoms with Crippen molar-refractivity contribution in [1.29, 1.82) is 0 Å². The van der Waals surface area contributed by atoms with E-state index in [9.17, 15) is 4.79 Å². The second-order valence-electron chi connectivity index (χ2n) is 7.53. The Balaban J connectivity index is 0.00000256. The van der Waals surface area contributed by atoms with Gasteiger partial charge in [-0.3, -0.25) is 9.69 Å². The zero-order valence-electron chi connectivity index (χ0n) is 17.5. The largest absolute Gasteiger partial charge is 0.309 e. The minimum atomic E-state index is -0.0709. The number of aryl methyl sites for hydroxylation is 2. The number of thiazole rings is 2. The van der Waals surface area contributed by atoms with Crippen LogP contribution in [0.25, 0.3) is 20.4 Å². The number of hydrogen-bond acceptors (Lipinski definition) is 6. The van der Waals surface area contributed by atoms with E-state index in [1.807, 2.05) is 38.4 Å². The number of amides is 1. The molecule has 0 saturated heterocycles. The molecule has 0 fully saturated rings. The molecule has 0 aliphatic carbocycles. The minimum Gasteiger partial charge on any atom is -0.309 e. The van der Waals surface area contributed by atoms with E-state index < -0.39 is 0 Å². The summed E-state index contributed by atoms with van der Waals surface area (Å²) in [6.45, 7) is 5.69. The van der Waals surface area contributed by atoms with E-state index in [0.29, 0.717) is 11.6 Å². The number of nitrogens with zero attached hydrogens (tertiary/aromatic N) is 4. The lowest BCUT2D eigenvalue weighted by atomic mass is 10.1. The molecule has 0 bridgehead atoms. The molecular weight excluding hydrogens is 436 g/mol. The highest BCUT2D eigenvalue weighted by Crippen LogP contribution is 2.33. The fraction of sp³-hybridized carbons (Fsp3) is 0.318. The van der Waals surface area contributed by atoms with Gasteiger partial charge in [0.1, 0.15) is 0 Å². The summed E-state index contributed by atoms with van der Waals surface area (Å²) in [5, 5.41) is 1.26. The van der Waals surface area contributed by atoms with Crippen LogP contribution >= 0.6 is 35.1 Å². The van der Waals surface area contributed by atoms with Crippen LogP contribution in [0.4, 0.5) is 5.13 Å². The second kappa shape index (κ2) is 9.39. The Kier molecular flexibility index (Phi) is 7.08. The number of rotatable bonds is 6. The summed E-state index contributed by atoms with van der Waals surface area (Å²) in [4.78, 5) is 26.8. The quantitative estimate of drug-likeness (QED) is 0.379. The molecule has 30 heavy (non-hydrogen) atoms. The van der Waals surface area contributed by atoms with Gasteiger partial charge < -0.3 is 4.90 Å². The van der Waals surface area contributed by atoms with Crippen LogP contribution in [0.3, 0.4) is 0 Å². The number of para-hydroxylation sites is 1. The average Bonchev–Trinajstić information content (AvgIpc) is 3.28. The third kappa shape index (κ3) is 4.64. The summed E-state index contributed by atoms with van der Waals surface area (Å²) < 4.78 is 2.15. The molecule has 0 radical (unpaired) electrons. The summed E-state index contributed by atoms with van der Waals surface area (Å²) in [6, 6.07) is 12.2. The van der Waals surface area contributed by atoms with E-state index in [4.69, 9.17) is 4.98 Å². The van der Waals surface area contributed by atoms with Gasteiger partial charge in [0.05, 0.1) is 20.4 Å². The van der Waals surface area contributed by atoms with E-state index in [0.717, 1.165) is 44.1 Å². The van der Waals surface area contributed by atoms with Gasteiger partial charge in [0.2, 0.25) is 0 Å². The Morgan fingerprint density at radius 2 is 1.77 bits per heavy atom. The van der Waals surface area contributed by atoms with Crippen molar-refractivity contribution in [3.05, 3.63) is 52.5 Å². The highest BCUT2D eigenvalue weighted by Gasteiger charge is 2.24. The van der Waals surface area contributed by atoms with Crippen molar-refractivity contribution in [2.24, 2.45) is 0 Å². The van der Waals surface area contributed by atoms with Gasteiger partial charge in [-0.2, -0.15) is 0 Å². The molecule has 0 atom stereocenters. The Morgan fingerprint density at radius 3 is 2.50 bits per heavy atom. The topological polar surface area (TPSA) is 49.3 Å². The smallest absolute Gasteiger partial charge is 0.289 e. The second-order valence-corrected chi connectivity index (χ2v) is 9.57. The number of anilines is 1. The van der Waals surface area contributed by atoms with E-state index >= 15 is 0 Å². The molecule has 158 valence electrons. The van der Waals surface area contributed by atoms with Crippen LogP contribution in [-0.2, 0) is 0 Å². The Labute approximate surface area is 190 Å². The molecule has 0 aliphatic heterocycles. The van der Waals surface area contributed by atoms with E-state index in [-0.39, 0.29) is 18.3 Å². The number of hydrogen-bond donors (Lipinski definition) is 0. The number of halogens is 1. The highest BCUT2D eigenvalue weighted by molar-refractivity contribution is 7.23. The Hall–Kier alpha value is -2.06. The van der Waals surface area contributed by atoms with Gasteiger partial charge in [-0.25, -0.2) is 9.97 Å². The Morgan fingerprint density at radius 1 is 1.00 bits per heavy atom. The average molecular weight is 461 g/mol. The van der Waals surface area contributed by atoms with E-state index in [1.165, 1.54) is 16.9 Å². The molecule has 5 nitrogen and oxygen atoms in total. The van der Waals surface area contributed by atoms with Crippen LogP contribution in [0, 0.1) is 13.8 Å². The summed E-state index contributed by atoms with van der Waals surface area (Å²) in [5.74, 6) is -0.0709. The first-order valence-corrected chi connectivity index (χ1v) is 11.3. The maximum atomic E-state index is 13.4. The monoisotopic (exact) mass is 460 g/mol. The molecule has 2 aromatic heterocycles. The van der Waals surface area contributed by atoms with Crippen molar-refractivity contribution >= 4 is 66.6 Å². The normalized spacial score (nSPS) is 11.2. The molecule has 2 aromatic carbocycles. The molecule has 2 heterocycles. The van der Waals surface area contributed by atoms with Gasteiger partial charge in [0.15, 0.2) is 10.1 Å². The summed E-state index contributed by atoms with van der Waals surface area (Å²) in [5.41, 5.74) is 4.19. The first kappa shape index (κ1) is 22.6. The predicted molar refractivity (Wildman–Crippen MR) is 131 cm³/mol. The van der Waals surface area contributed by atoms with Gasteiger partial charge in [-0.1, -0.05) is 29.5 Å². The number of fused-ring (bicyclic) bond motifs is 2. The van der Waals surface area contributed by atoms with E-state index in [2.05, 4.69) is 35.9 Å². The lowest BCUT2D eigenvalue weighted by molar-refractivity contribution is 0.0986. The highest BCUT2D eigenvalue weighted by atomic mass is 35.5. The van der Waals surface area contributed by atoms with Gasteiger partial charge >= 0.3 is 0 Å². The van der Waals surface area contributed by atoms with Crippen molar-refractivity contribution in [3.63, 3.8) is 0 Å². The maximum Gasteiger partial charge on any atom is 0.289 e. The van der Waals surface area contributed by atoms with Gasteiger partial charge in [-0.05, 0) is 70.2 Å². The van der Waals surface area contributed by atoms with Crippen LogP contribution in [0.5, 0.6) is 0 Å².